The molecular formula is C12H13N3S2. The number of hydrogen-bond donors (Lipinski definition) is 2. The smallest absolute Gasteiger partial charge is 0.106 e. The molecule has 2 aromatic rings. The van der Waals surface area contributed by atoms with Crippen LogP contribution < -0.4 is 11.1 Å². The summed E-state index contributed by atoms with van der Waals surface area (Å²) in [4.78, 5) is 4.63. The second kappa shape index (κ2) is 5.25. The van der Waals surface area contributed by atoms with Crippen LogP contribution in [0.15, 0.2) is 29.1 Å². The second-order valence-electron chi connectivity index (χ2n) is 3.75. The van der Waals surface area contributed by atoms with Crippen molar-refractivity contribution in [2.24, 2.45) is 5.73 Å². The first-order valence-corrected chi connectivity index (χ1v) is 6.53. The molecule has 5 heteroatoms. The molecule has 0 bridgehead atoms. The topological polar surface area (TPSA) is 50.9 Å². The van der Waals surface area contributed by atoms with Gasteiger partial charge in [0.2, 0.25) is 0 Å². The molecule has 0 aliphatic rings. The highest BCUT2D eigenvalue weighted by Crippen LogP contribution is 2.18. The van der Waals surface area contributed by atoms with E-state index < -0.39 is 0 Å². The van der Waals surface area contributed by atoms with E-state index in [2.05, 4.69) is 10.3 Å². The summed E-state index contributed by atoms with van der Waals surface area (Å²) in [6, 6.07) is 6.02. The first kappa shape index (κ1) is 12.0. The summed E-state index contributed by atoms with van der Waals surface area (Å²) in [6.45, 7) is 2.70. The van der Waals surface area contributed by atoms with Crippen LogP contribution >= 0.6 is 23.6 Å². The van der Waals surface area contributed by atoms with Gasteiger partial charge in [0.05, 0.1) is 17.7 Å². The molecule has 0 saturated heterocycles. The maximum atomic E-state index is 5.71. The lowest BCUT2D eigenvalue weighted by molar-refractivity contribution is 1.07. The Bertz CT molecular complexity index is 521. The SMILES string of the molecule is Cc1ccc(NCc2cscn2)c(C(N)=S)c1. The molecule has 0 atom stereocenters. The number of aryl methyl sites for hydroxylation is 1. The van der Waals surface area contributed by atoms with Crippen LogP contribution in [0.4, 0.5) is 5.69 Å². The van der Waals surface area contributed by atoms with Crippen molar-refractivity contribution in [1.29, 1.82) is 0 Å². The number of nitrogens with zero attached hydrogens (tertiary/aromatic N) is 1. The van der Waals surface area contributed by atoms with Crippen molar-refractivity contribution in [1.82, 2.24) is 4.98 Å². The quantitative estimate of drug-likeness (QED) is 0.833. The Morgan fingerprint density at radius 3 is 3.00 bits per heavy atom. The Morgan fingerprint density at radius 1 is 1.53 bits per heavy atom. The van der Waals surface area contributed by atoms with E-state index in [-0.39, 0.29) is 0 Å². The third-order valence-corrected chi connectivity index (χ3v) is 3.24. The summed E-state index contributed by atoms with van der Waals surface area (Å²) in [7, 11) is 0. The average molecular weight is 263 g/mol. The zero-order valence-corrected chi connectivity index (χ0v) is 11.1. The Morgan fingerprint density at radius 2 is 2.35 bits per heavy atom. The number of benzene rings is 1. The fraction of sp³-hybridized carbons (Fsp3) is 0.167. The van der Waals surface area contributed by atoms with Gasteiger partial charge in [0, 0.05) is 16.6 Å². The lowest BCUT2D eigenvalue weighted by Crippen LogP contribution is -2.13. The first-order chi connectivity index (χ1) is 8.16. The van der Waals surface area contributed by atoms with Crippen molar-refractivity contribution in [3.05, 3.63) is 45.9 Å². The van der Waals surface area contributed by atoms with Crippen molar-refractivity contribution in [2.75, 3.05) is 5.32 Å². The molecule has 88 valence electrons. The minimum absolute atomic E-state index is 0.412. The Hall–Kier alpha value is -1.46. The summed E-state index contributed by atoms with van der Waals surface area (Å²) in [5.74, 6) is 0. The molecule has 17 heavy (non-hydrogen) atoms. The van der Waals surface area contributed by atoms with Gasteiger partial charge in [-0.05, 0) is 19.1 Å². The number of hydrogen-bond acceptors (Lipinski definition) is 4. The molecule has 0 fully saturated rings. The van der Waals surface area contributed by atoms with Crippen LogP contribution in [0.2, 0.25) is 0 Å². The zero-order valence-electron chi connectivity index (χ0n) is 9.43. The summed E-state index contributed by atoms with van der Waals surface area (Å²) in [5, 5.41) is 5.32. The van der Waals surface area contributed by atoms with Crippen molar-refractivity contribution < 1.29 is 0 Å². The lowest BCUT2D eigenvalue weighted by Gasteiger charge is -2.11. The number of aromatic nitrogens is 1. The van der Waals surface area contributed by atoms with E-state index in [1.54, 1.807) is 11.3 Å². The van der Waals surface area contributed by atoms with Gasteiger partial charge in [-0.15, -0.1) is 11.3 Å². The molecule has 3 nitrogen and oxygen atoms in total. The van der Waals surface area contributed by atoms with Gasteiger partial charge in [-0.25, -0.2) is 4.98 Å². The van der Waals surface area contributed by atoms with Crippen LogP contribution in [-0.2, 0) is 6.54 Å². The summed E-state index contributed by atoms with van der Waals surface area (Å²) in [6.07, 6.45) is 0. The molecule has 0 amide bonds. The van der Waals surface area contributed by atoms with Crippen LogP contribution in [0, 0.1) is 6.92 Å². The minimum atomic E-state index is 0.412. The zero-order chi connectivity index (χ0) is 12.3. The van der Waals surface area contributed by atoms with Crippen molar-refractivity contribution in [3.63, 3.8) is 0 Å². The van der Waals surface area contributed by atoms with Gasteiger partial charge in [-0.3, -0.25) is 0 Å². The minimum Gasteiger partial charge on any atom is -0.389 e. The van der Waals surface area contributed by atoms with Gasteiger partial charge in [0.15, 0.2) is 0 Å². The Kier molecular flexibility index (Phi) is 3.71. The molecule has 0 aliphatic carbocycles. The maximum Gasteiger partial charge on any atom is 0.106 e. The van der Waals surface area contributed by atoms with E-state index in [4.69, 9.17) is 18.0 Å². The van der Waals surface area contributed by atoms with Crippen molar-refractivity contribution in [3.8, 4) is 0 Å². The van der Waals surface area contributed by atoms with E-state index in [1.165, 1.54) is 0 Å². The number of nitrogens with one attached hydrogen (secondary N) is 1. The number of nitrogens with two attached hydrogens (primary N) is 1. The number of rotatable bonds is 4. The first-order valence-electron chi connectivity index (χ1n) is 5.18. The summed E-state index contributed by atoms with van der Waals surface area (Å²) in [5.41, 5.74) is 11.5. The highest BCUT2D eigenvalue weighted by Gasteiger charge is 2.05. The van der Waals surface area contributed by atoms with Crippen LogP contribution in [0.25, 0.3) is 0 Å². The number of thiazole rings is 1. The van der Waals surface area contributed by atoms with E-state index in [1.807, 2.05) is 36.0 Å². The largest absolute Gasteiger partial charge is 0.389 e. The van der Waals surface area contributed by atoms with Crippen molar-refractivity contribution in [2.45, 2.75) is 13.5 Å². The average Bonchev–Trinajstić information content (AvgIpc) is 2.80. The van der Waals surface area contributed by atoms with Crippen LogP contribution in [0.5, 0.6) is 0 Å². The second-order valence-corrected chi connectivity index (χ2v) is 4.91. The summed E-state index contributed by atoms with van der Waals surface area (Å²) < 4.78 is 0. The summed E-state index contributed by atoms with van der Waals surface area (Å²) >= 11 is 6.63. The van der Waals surface area contributed by atoms with Gasteiger partial charge < -0.3 is 11.1 Å². The van der Waals surface area contributed by atoms with Gasteiger partial charge in [0.25, 0.3) is 0 Å². The number of thiocarbonyl (C=S) groups is 1. The predicted molar refractivity (Wildman–Crippen MR) is 76.5 cm³/mol. The van der Waals surface area contributed by atoms with Crippen LogP contribution in [0.3, 0.4) is 0 Å². The fourth-order valence-corrected chi connectivity index (χ4v) is 2.25. The normalized spacial score (nSPS) is 10.2. The van der Waals surface area contributed by atoms with E-state index in [0.29, 0.717) is 11.5 Å². The molecule has 3 N–H and O–H groups in total. The number of anilines is 1. The molecule has 1 aromatic heterocycles. The van der Waals surface area contributed by atoms with Gasteiger partial charge >= 0.3 is 0 Å². The highest BCUT2D eigenvalue weighted by atomic mass is 32.1. The van der Waals surface area contributed by atoms with Crippen molar-refractivity contribution >= 4 is 34.2 Å². The van der Waals surface area contributed by atoms with E-state index >= 15 is 0 Å². The monoisotopic (exact) mass is 263 g/mol. The highest BCUT2D eigenvalue weighted by molar-refractivity contribution is 7.80. The Balaban J connectivity index is 2.17. The van der Waals surface area contributed by atoms with Gasteiger partial charge in [-0.2, -0.15) is 0 Å². The third-order valence-electron chi connectivity index (χ3n) is 2.38. The van der Waals surface area contributed by atoms with Crippen LogP contribution in [0.1, 0.15) is 16.8 Å². The third kappa shape index (κ3) is 3.01. The van der Waals surface area contributed by atoms with Crippen LogP contribution in [-0.4, -0.2) is 9.97 Å². The molecule has 2 rings (SSSR count). The molecule has 1 heterocycles. The Labute approximate surface area is 110 Å². The van der Waals surface area contributed by atoms with Gasteiger partial charge in [0.1, 0.15) is 4.99 Å². The molecule has 0 aliphatic heterocycles. The molecule has 0 spiro atoms. The predicted octanol–water partition coefficient (Wildman–Crippen LogP) is 2.70. The fourth-order valence-electron chi connectivity index (χ4n) is 1.53. The standard InChI is InChI=1S/C12H13N3S2/c1-8-2-3-11(10(4-8)12(13)16)14-5-9-6-17-7-15-9/h2-4,6-7,14H,5H2,1H3,(H2,13,16). The molecule has 0 unspecified atom stereocenters. The van der Waals surface area contributed by atoms with E-state index in [9.17, 15) is 0 Å². The van der Waals surface area contributed by atoms with E-state index in [0.717, 1.165) is 22.5 Å². The molecule has 0 radical (unpaired) electrons. The molecular weight excluding hydrogens is 250 g/mol. The molecule has 0 saturated carbocycles. The maximum absolute atomic E-state index is 5.71. The van der Waals surface area contributed by atoms with Gasteiger partial charge in [-0.1, -0.05) is 23.8 Å². The molecule has 1 aromatic carbocycles. The lowest BCUT2D eigenvalue weighted by atomic mass is 10.1.